The monoisotopic (exact) mass is 332 g/mol. The second kappa shape index (κ2) is 7.06. The van der Waals surface area contributed by atoms with E-state index in [0.717, 1.165) is 10.6 Å². The second-order valence-corrected chi connectivity index (χ2v) is 6.80. The molecule has 3 heterocycles. The molecule has 0 aromatic carbocycles. The number of nitrogens with zero attached hydrogens (tertiary/aromatic N) is 3. The SMILES string of the molecule is CNc1nccnc1C1CN(C(=O)Cc2ccc(C)s2)CCO1. The number of amides is 1. The van der Waals surface area contributed by atoms with Gasteiger partial charge in [0.15, 0.2) is 0 Å². The second-order valence-electron chi connectivity index (χ2n) is 5.43. The predicted octanol–water partition coefficient (Wildman–Crippen LogP) is 2.03. The number of hydrogen-bond donors (Lipinski definition) is 1. The normalized spacial score (nSPS) is 18.0. The molecular formula is C16H20N4O2S. The van der Waals surface area contributed by atoms with E-state index in [1.807, 2.05) is 17.0 Å². The lowest BCUT2D eigenvalue weighted by molar-refractivity contribution is -0.138. The lowest BCUT2D eigenvalue weighted by Crippen LogP contribution is -2.43. The molecule has 1 atom stereocenters. The Labute approximate surface area is 139 Å². The molecule has 1 fully saturated rings. The third kappa shape index (κ3) is 3.68. The van der Waals surface area contributed by atoms with Gasteiger partial charge in [0, 0.05) is 35.7 Å². The van der Waals surface area contributed by atoms with E-state index in [1.165, 1.54) is 4.88 Å². The van der Waals surface area contributed by atoms with E-state index in [9.17, 15) is 4.79 Å². The molecule has 0 saturated carbocycles. The Bertz CT molecular complexity index is 688. The van der Waals surface area contributed by atoms with E-state index in [2.05, 4.69) is 22.2 Å². The molecule has 0 bridgehead atoms. The molecule has 2 aromatic rings. The van der Waals surface area contributed by atoms with E-state index in [1.54, 1.807) is 30.8 Å². The van der Waals surface area contributed by atoms with Crippen LogP contribution in [0.1, 0.15) is 21.6 Å². The number of ether oxygens (including phenoxy) is 1. The van der Waals surface area contributed by atoms with Crippen LogP contribution in [0.2, 0.25) is 0 Å². The van der Waals surface area contributed by atoms with Crippen molar-refractivity contribution in [2.75, 3.05) is 32.1 Å². The average molecular weight is 332 g/mol. The summed E-state index contributed by atoms with van der Waals surface area (Å²) in [6, 6.07) is 4.08. The summed E-state index contributed by atoms with van der Waals surface area (Å²) in [4.78, 5) is 25.3. The molecule has 0 spiro atoms. The number of carbonyl (C=O) groups excluding carboxylic acids is 1. The van der Waals surface area contributed by atoms with Crippen molar-refractivity contribution in [2.45, 2.75) is 19.4 Å². The zero-order valence-electron chi connectivity index (χ0n) is 13.3. The van der Waals surface area contributed by atoms with E-state index in [4.69, 9.17) is 4.74 Å². The summed E-state index contributed by atoms with van der Waals surface area (Å²) in [6.45, 7) is 3.70. The van der Waals surface area contributed by atoms with Gasteiger partial charge in [-0.15, -0.1) is 11.3 Å². The third-order valence-corrected chi connectivity index (χ3v) is 4.81. The molecule has 1 aliphatic rings. The highest BCUT2D eigenvalue weighted by Crippen LogP contribution is 2.25. The number of morpholine rings is 1. The zero-order valence-corrected chi connectivity index (χ0v) is 14.1. The molecule has 23 heavy (non-hydrogen) atoms. The Kier molecular flexibility index (Phi) is 4.88. The van der Waals surface area contributed by atoms with Gasteiger partial charge in [0.05, 0.1) is 19.6 Å². The minimum Gasteiger partial charge on any atom is -0.372 e. The maximum absolute atomic E-state index is 12.5. The molecule has 1 N–H and O–H groups in total. The summed E-state index contributed by atoms with van der Waals surface area (Å²) in [5, 5.41) is 3.02. The van der Waals surface area contributed by atoms with Crippen LogP contribution in [0, 0.1) is 6.92 Å². The van der Waals surface area contributed by atoms with Crippen LogP contribution >= 0.6 is 11.3 Å². The first-order chi connectivity index (χ1) is 11.2. The maximum Gasteiger partial charge on any atom is 0.228 e. The number of nitrogens with one attached hydrogen (secondary N) is 1. The summed E-state index contributed by atoms with van der Waals surface area (Å²) in [5.74, 6) is 0.829. The van der Waals surface area contributed by atoms with Gasteiger partial charge in [0.25, 0.3) is 0 Å². The Morgan fingerprint density at radius 3 is 3.00 bits per heavy atom. The van der Waals surface area contributed by atoms with Gasteiger partial charge < -0.3 is 15.0 Å². The van der Waals surface area contributed by atoms with Gasteiger partial charge in [-0.3, -0.25) is 9.78 Å². The summed E-state index contributed by atoms with van der Waals surface area (Å²) >= 11 is 1.67. The van der Waals surface area contributed by atoms with Gasteiger partial charge >= 0.3 is 0 Å². The number of anilines is 1. The molecule has 0 aliphatic carbocycles. The molecule has 1 aliphatic heterocycles. The quantitative estimate of drug-likeness (QED) is 0.928. The number of thiophene rings is 1. The van der Waals surface area contributed by atoms with Gasteiger partial charge in [0.1, 0.15) is 17.6 Å². The topological polar surface area (TPSA) is 67.4 Å². The van der Waals surface area contributed by atoms with Crippen molar-refractivity contribution < 1.29 is 9.53 Å². The zero-order chi connectivity index (χ0) is 16.2. The first kappa shape index (κ1) is 15.9. The van der Waals surface area contributed by atoms with Crippen molar-refractivity contribution in [3.63, 3.8) is 0 Å². The largest absolute Gasteiger partial charge is 0.372 e. The smallest absolute Gasteiger partial charge is 0.228 e. The number of hydrogen-bond acceptors (Lipinski definition) is 6. The third-order valence-electron chi connectivity index (χ3n) is 3.81. The van der Waals surface area contributed by atoms with Crippen molar-refractivity contribution in [1.29, 1.82) is 0 Å². The first-order valence-electron chi connectivity index (χ1n) is 7.60. The molecule has 1 amide bonds. The van der Waals surface area contributed by atoms with E-state index in [0.29, 0.717) is 31.9 Å². The predicted molar refractivity (Wildman–Crippen MR) is 89.6 cm³/mol. The Balaban J connectivity index is 1.69. The number of aryl methyl sites for hydroxylation is 1. The molecule has 1 unspecified atom stereocenters. The van der Waals surface area contributed by atoms with Crippen LogP contribution in [0.3, 0.4) is 0 Å². The standard InChI is InChI=1S/C16H20N4O2S/c1-11-3-4-12(23-11)9-14(21)20-7-8-22-13(10-20)15-16(17-2)19-6-5-18-15/h3-6,13H,7-10H2,1-2H3,(H,17,19). The molecule has 0 radical (unpaired) electrons. The average Bonchev–Trinajstić information content (AvgIpc) is 2.99. The van der Waals surface area contributed by atoms with Crippen molar-refractivity contribution in [3.05, 3.63) is 40.0 Å². The van der Waals surface area contributed by atoms with Crippen LogP contribution < -0.4 is 5.32 Å². The Hall–Kier alpha value is -1.99. The highest BCUT2D eigenvalue weighted by atomic mass is 32.1. The van der Waals surface area contributed by atoms with E-state index in [-0.39, 0.29) is 12.0 Å². The molecule has 2 aromatic heterocycles. The Morgan fingerprint density at radius 1 is 1.43 bits per heavy atom. The maximum atomic E-state index is 12.5. The number of aromatic nitrogens is 2. The molecular weight excluding hydrogens is 312 g/mol. The van der Waals surface area contributed by atoms with Crippen LogP contribution in [0.25, 0.3) is 0 Å². The first-order valence-corrected chi connectivity index (χ1v) is 8.42. The minimum absolute atomic E-state index is 0.134. The van der Waals surface area contributed by atoms with Crippen LogP contribution in [0.15, 0.2) is 24.5 Å². The number of carbonyl (C=O) groups is 1. The van der Waals surface area contributed by atoms with E-state index < -0.39 is 0 Å². The van der Waals surface area contributed by atoms with Gasteiger partial charge in [-0.1, -0.05) is 0 Å². The number of rotatable bonds is 4. The van der Waals surface area contributed by atoms with Gasteiger partial charge in [-0.25, -0.2) is 4.98 Å². The lowest BCUT2D eigenvalue weighted by atomic mass is 10.2. The highest BCUT2D eigenvalue weighted by Gasteiger charge is 2.28. The van der Waals surface area contributed by atoms with Gasteiger partial charge in [-0.05, 0) is 19.1 Å². The van der Waals surface area contributed by atoms with Crippen molar-refractivity contribution >= 4 is 23.1 Å². The van der Waals surface area contributed by atoms with E-state index >= 15 is 0 Å². The molecule has 122 valence electrons. The summed E-state index contributed by atoms with van der Waals surface area (Å²) in [5.41, 5.74) is 0.750. The van der Waals surface area contributed by atoms with Crippen LogP contribution in [-0.2, 0) is 16.0 Å². The molecule has 6 nitrogen and oxygen atoms in total. The highest BCUT2D eigenvalue weighted by molar-refractivity contribution is 7.12. The fourth-order valence-electron chi connectivity index (χ4n) is 2.66. The lowest BCUT2D eigenvalue weighted by Gasteiger charge is -2.33. The van der Waals surface area contributed by atoms with Crippen LogP contribution in [-0.4, -0.2) is 47.5 Å². The molecule has 7 heteroatoms. The minimum atomic E-state index is -0.242. The fourth-order valence-corrected chi connectivity index (χ4v) is 3.54. The van der Waals surface area contributed by atoms with Gasteiger partial charge in [0.2, 0.25) is 5.91 Å². The van der Waals surface area contributed by atoms with Crippen LogP contribution in [0.4, 0.5) is 5.82 Å². The summed E-state index contributed by atoms with van der Waals surface area (Å²) in [7, 11) is 1.80. The van der Waals surface area contributed by atoms with Crippen molar-refractivity contribution in [1.82, 2.24) is 14.9 Å². The van der Waals surface area contributed by atoms with Crippen LogP contribution in [0.5, 0.6) is 0 Å². The van der Waals surface area contributed by atoms with Gasteiger partial charge in [-0.2, -0.15) is 0 Å². The molecule has 3 rings (SSSR count). The van der Waals surface area contributed by atoms with Crippen molar-refractivity contribution in [3.8, 4) is 0 Å². The van der Waals surface area contributed by atoms with Crippen molar-refractivity contribution in [2.24, 2.45) is 0 Å². The Morgan fingerprint density at radius 2 is 2.26 bits per heavy atom. The fraction of sp³-hybridized carbons (Fsp3) is 0.438. The summed E-state index contributed by atoms with van der Waals surface area (Å²) < 4.78 is 5.81. The summed E-state index contributed by atoms with van der Waals surface area (Å²) in [6.07, 6.45) is 3.49. The molecule has 1 saturated heterocycles.